The Bertz CT molecular complexity index is 1130. The van der Waals surface area contributed by atoms with E-state index in [0.29, 0.717) is 11.3 Å². The van der Waals surface area contributed by atoms with Crippen LogP contribution in [0, 0.1) is 0 Å². The molecule has 6 heteroatoms. The number of anilines is 1. The minimum Gasteiger partial charge on any atom is -0.507 e. The van der Waals surface area contributed by atoms with Gasteiger partial charge in [0.1, 0.15) is 11.3 Å². The maximum atomic E-state index is 12.4. The van der Waals surface area contributed by atoms with E-state index in [9.17, 15) is 19.5 Å². The number of carbonyl (C=O) groups excluding carboxylic acids is 3. The lowest BCUT2D eigenvalue weighted by Crippen LogP contribution is -2.14. The Morgan fingerprint density at radius 3 is 2.54 bits per heavy atom. The van der Waals surface area contributed by atoms with Crippen LogP contribution in [0.4, 0.5) is 5.69 Å². The highest BCUT2D eigenvalue weighted by Crippen LogP contribution is 2.33. The summed E-state index contributed by atoms with van der Waals surface area (Å²) in [5.74, 6) is -1.81. The molecule has 0 bridgehead atoms. The van der Waals surface area contributed by atoms with E-state index < -0.39 is 12.6 Å². The third kappa shape index (κ3) is 3.09. The second-order valence-electron chi connectivity index (χ2n) is 6.73. The maximum Gasteiger partial charge on any atom is 0.342 e. The van der Waals surface area contributed by atoms with Gasteiger partial charge in [0.15, 0.2) is 12.4 Å². The SMILES string of the molecule is C[C@@H]1C(=O)Nc2ccc(C(=O)COC(=O)c3cc4ccccc4cc3O)cc21. The quantitative estimate of drug-likeness (QED) is 0.536. The second kappa shape index (κ2) is 6.81. The lowest BCUT2D eigenvalue weighted by molar-refractivity contribution is -0.116. The van der Waals surface area contributed by atoms with Crippen molar-refractivity contribution in [3.63, 3.8) is 0 Å². The Morgan fingerprint density at radius 1 is 1.07 bits per heavy atom. The van der Waals surface area contributed by atoms with Crippen molar-refractivity contribution < 1.29 is 24.2 Å². The number of fused-ring (bicyclic) bond motifs is 2. The van der Waals surface area contributed by atoms with Crippen molar-refractivity contribution in [3.05, 3.63) is 71.3 Å². The highest BCUT2D eigenvalue weighted by Gasteiger charge is 2.27. The van der Waals surface area contributed by atoms with E-state index in [1.807, 2.05) is 24.3 Å². The lowest BCUT2D eigenvalue weighted by atomic mass is 9.99. The van der Waals surface area contributed by atoms with E-state index in [-0.39, 0.29) is 28.9 Å². The van der Waals surface area contributed by atoms with Crippen LogP contribution in [0.3, 0.4) is 0 Å². The van der Waals surface area contributed by atoms with Crippen LogP contribution in [0.2, 0.25) is 0 Å². The first-order valence-corrected chi connectivity index (χ1v) is 8.81. The van der Waals surface area contributed by atoms with Crippen LogP contribution in [-0.4, -0.2) is 29.4 Å². The van der Waals surface area contributed by atoms with Crippen molar-refractivity contribution in [2.45, 2.75) is 12.8 Å². The Balaban J connectivity index is 1.49. The number of amides is 1. The van der Waals surface area contributed by atoms with Gasteiger partial charge in [-0.15, -0.1) is 0 Å². The fraction of sp³-hybridized carbons (Fsp3) is 0.136. The van der Waals surface area contributed by atoms with Gasteiger partial charge in [-0.2, -0.15) is 0 Å². The third-order valence-electron chi connectivity index (χ3n) is 4.91. The number of phenols is 1. The smallest absolute Gasteiger partial charge is 0.342 e. The number of nitrogens with one attached hydrogen (secondary N) is 1. The molecule has 3 aromatic rings. The molecule has 0 aromatic heterocycles. The molecule has 3 aromatic carbocycles. The summed E-state index contributed by atoms with van der Waals surface area (Å²) in [4.78, 5) is 36.5. The monoisotopic (exact) mass is 375 g/mol. The number of hydrogen-bond acceptors (Lipinski definition) is 5. The van der Waals surface area contributed by atoms with Gasteiger partial charge in [-0.25, -0.2) is 4.79 Å². The molecule has 1 atom stereocenters. The molecule has 0 aliphatic carbocycles. The first kappa shape index (κ1) is 17.7. The maximum absolute atomic E-state index is 12.4. The molecular weight excluding hydrogens is 358 g/mol. The number of ether oxygens (including phenoxy) is 1. The molecule has 140 valence electrons. The van der Waals surface area contributed by atoms with Gasteiger partial charge in [0.2, 0.25) is 5.91 Å². The van der Waals surface area contributed by atoms with Gasteiger partial charge < -0.3 is 15.2 Å². The van der Waals surface area contributed by atoms with Crippen LogP contribution in [-0.2, 0) is 9.53 Å². The van der Waals surface area contributed by atoms with E-state index >= 15 is 0 Å². The molecule has 2 N–H and O–H groups in total. The molecule has 4 rings (SSSR count). The molecule has 6 nitrogen and oxygen atoms in total. The van der Waals surface area contributed by atoms with E-state index in [1.165, 1.54) is 12.1 Å². The minimum atomic E-state index is -0.775. The lowest BCUT2D eigenvalue weighted by Gasteiger charge is -2.09. The summed E-state index contributed by atoms with van der Waals surface area (Å²) in [6, 6.07) is 15.2. The van der Waals surface area contributed by atoms with Crippen LogP contribution < -0.4 is 5.32 Å². The van der Waals surface area contributed by atoms with Crippen molar-refractivity contribution in [3.8, 4) is 5.75 Å². The number of hydrogen-bond donors (Lipinski definition) is 2. The van der Waals surface area contributed by atoms with Gasteiger partial charge in [-0.3, -0.25) is 9.59 Å². The van der Waals surface area contributed by atoms with Crippen molar-refractivity contribution in [1.82, 2.24) is 0 Å². The number of benzene rings is 3. The van der Waals surface area contributed by atoms with Gasteiger partial charge in [0, 0.05) is 11.3 Å². The molecule has 0 fully saturated rings. The van der Waals surface area contributed by atoms with Crippen molar-refractivity contribution in [2.75, 3.05) is 11.9 Å². The molecule has 0 spiro atoms. The molecular formula is C22H17NO5. The number of carbonyl (C=O) groups is 3. The van der Waals surface area contributed by atoms with Gasteiger partial charge in [0.05, 0.1) is 5.92 Å². The molecule has 0 unspecified atom stereocenters. The number of aromatic hydroxyl groups is 1. The zero-order chi connectivity index (χ0) is 19.8. The summed E-state index contributed by atoms with van der Waals surface area (Å²) < 4.78 is 5.11. The van der Waals surface area contributed by atoms with Gasteiger partial charge >= 0.3 is 5.97 Å². The summed E-state index contributed by atoms with van der Waals surface area (Å²) in [6.07, 6.45) is 0. The average molecular weight is 375 g/mol. The number of ketones is 1. The first-order valence-electron chi connectivity index (χ1n) is 8.81. The van der Waals surface area contributed by atoms with Crippen molar-refractivity contribution in [2.24, 2.45) is 0 Å². The molecule has 0 saturated carbocycles. The molecule has 1 aliphatic heterocycles. The Hall–Kier alpha value is -3.67. The standard InChI is InChI=1S/C22H17NO5/c1-12-16-9-15(6-7-18(16)23-21(12)26)20(25)11-28-22(27)17-8-13-4-2-3-5-14(13)10-19(17)24/h2-10,12,24H,11H2,1H3,(H,23,26)/t12-/m0/s1. The number of rotatable bonds is 4. The summed E-state index contributed by atoms with van der Waals surface area (Å²) in [5.41, 5.74) is 1.79. The van der Waals surface area contributed by atoms with Gasteiger partial charge in [-0.1, -0.05) is 24.3 Å². The van der Waals surface area contributed by atoms with E-state index in [1.54, 1.807) is 25.1 Å². The van der Waals surface area contributed by atoms with Crippen LogP contribution in [0.5, 0.6) is 5.75 Å². The van der Waals surface area contributed by atoms with Crippen molar-refractivity contribution >= 4 is 34.1 Å². The van der Waals surface area contributed by atoms with E-state index in [2.05, 4.69) is 5.32 Å². The summed E-state index contributed by atoms with van der Waals surface area (Å²) >= 11 is 0. The number of phenolic OH excluding ortho intramolecular Hbond substituents is 1. The largest absolute Gasteiger partial charge is 0.507 e. The second-order valence-corrected chi connectivity index (χ2v) is 6.73. The molecule has 28 heavy (non-hydrogen) atoms. The predicted octanol–water partition coefficient (Wildman–Crippen LogP) is 3.64. The molecule has 1 amide bonds. The molecule has 0 radical (unpaired) electrons. The van der Waals surface area contributed by atoms with Crippen LogP contribution in [0.1, 0.15) is 39.1 Å². The zero-order valence-corrected chi connectivity index (χ0v) is 15.1. The first-order chi connectivity index (χ1) is 13.4. The fourth-order valence-corrected chi connectivity index (χ4v) is 3.27. The van der Waals surface area contributed by atoms with Crippen LogP contribution >= 0.6 is 0 Å². The third-order valence-corrected chi connectivity index (χ3v) is 4.91. The van der Waals surface area contributed by atoms with Gasteiger partial charge in [-0.05, 0) is 53.6 Å². The Morgan fingerprint density at radius 2 is 1.79 bits per heavy atom. The van der Waals surface area contributed by atoms with Crippen LogP contribution in [0.25, 0.3) is 10.8 Å². The topological polar surface area (TPSA) is 92.7 Å². The van der Waals surface area contributed by atoms with Gasteiger partial charge in [0.25, 0.3) is 0 Å². The van der Waals surface area contributed by atoms with Crippen molar-refractivity contribution in [1.29, 1.82) is 0 Å². The zero-order valence-electron chi connectivity index (χ0n) is 15.1. The molecule has 1 aliphatic rings. The average Bonchev–Trinajstić information content (AvgIpc) is 2.98. The molecule has 1 heterocycles. The normalized spacial score (nSPS) is 15.2. The van der Waals surface area contributed by atoms with Crippen LogP contribution in [0.15, 0.2) is 54.6 Å². The highest BCUT2D eigenvalue weighted by atomic mass is 16.5. The fourth-order valence-electron chi connectivity index (χ4n) is 3.27. The summed E-state index contributed by atoms with van der Waals surface area (Å²) in [6.45, 7) is 1.30. The number of esters is 1. The summed E-state index contributed by atoms with van der Waals surface area (Å²) in [7, 11) is 0. The van der Waals surface area contributed by atoms with E-state index in [0.717, 1.165) is 16.3 Å². The van der Waals surface area contributed by atoms with E-state index in [4.69, 9.17) is 4.74 Å². The summed E-state index contributed by atoms with van der Waals surface area (Å²) in [5, 5.41) is 14.4. The minimum absolute atomic E-state index is 0.00359. The Labute approximate surface area is 160 Å². The molecule has 0 saturated heterocycles. The highest BCUT2D eigenvalue weighted by molar-refractivity contribution is 6.05. The Kier molecular flexibility index (Phi) is 4.31. The number of Topliss-reactive ketones (excluding diaryl/α,β-unsaturated/α-hetero) is 1. The predicted molar refractivity (Wildman–Crippen MR) is 104 cm³/mol.